The maximum Gasteiger partial charge on any atom is 0.420 e. The third kappa shape index (κ3) is 4.33. The van der Waals surface area contributed by atoms with Gasteiger partial charge in [0, 0.05) is 12.0 Å². The van der Waals surface area contributed by atoms with Gasteiger partial charge < -0.3 is 14.4 Å². The topological polar surface area (TPSA) is 75.5 Å². The van der Waals surface area contributed by atoms with Gasteiger partial charge in [0.25, 0.3) is 5.56 Å². The molecule has 1 heterocycles. The lowest BCUT2D eigenvalue weighted by Gasteiger charge is -2.18. The van der Waals surface area contributed by atoms with E-state index in [0.717, 1.165) is 11.6 Å². The maximum absolute atomic E-state index is 12.8. The van der Waals surface area contributed by atoms with E-state index in [-0.39, 0.29) is 11.3 Å². The molecule has 0 fully saturated rings. The minimum absolute atomic E-state index is 0.219. The highest BCUT2D eigenvalue weighted by molar-refractivity contribution is 5.56. The van der Waals surface area contributed by atoms with Crippen LogP contribution in [0.4, 0.5) is 13.2 Å². The molecular formula is C19H16F3NO4. The summed E-state index contributed by atoms with van der Waals surface area (Å²) in [5, 5.41) is 12.0. The summed E-state index contributed by atoms with van der Waals surface area (Å²) in [6.07, 6.45) is -4.72. The first-order valence-corrected chi connectivity index (χ1v) is 8.07. The molecule has 3 aromatic rings. The smallest absolute Gasteiger partial charge is 0.420 e. The van der Waals surface area contributed by atoms with E-state index in [2.05, 4.69) is 5.16 Å². The Morgan fingerprint density at radius 3 is 2.48 bits per heavy atom. The molecule has 2 N–H and O–H groups in total. The van der Waals surface area contributed by atoms with Crippen molar-refractivity contribution in [2.24, 2.45) is 0 Å². The number of phenolic OH excluding ortho intramolecular Hbond substituents is 1. The number of aromatic nitrogens is 1. The molecule has 0 amide bonds. The second-order valence-electron chi connectivity index (χ2n) is 6.06. The number of aromatic amines is 1. The number of alkyl halides is 3. The summed E-state index contributed by atoms with van der Waals surface area (Å²) in [4.78, 5) is 11.1. The van der Waals surface area contributed by atoms with Gasteiger partial charge >= 0.3 is 6.18 Å². The third-order valence-corrected chi connectivity index (χ3v) is 3.92. The molecule has 1 atom stereocenters. The zero-order valence-corrected chi connectivity index (χ0v) is 14.2. The van der Waals surface area contributed by atoms with E-state index < -0.39 is 23.6 Å². The predicted molar refractivity (Wildman–Crippen MR) is 91.7 cm³/mol. The molecule has 8 heteroatoms. The minimum atomic E-state index is -4.66. The van der Waals surface area contributed by atoms with Gasteiger partial charge in [0.1, 0.15) is 11.7 Å². The number of benzene rings is 2. The Balaban J connectivity index is 1.69. The van der Waals surface area contributed by atoms with E-state index in [1.807, 2.05) is 0 Å². The number of nitrogens with one attached hydrogen (secondary N) is 1. The highest BCUT2D eigenvalue weighted by Gasteiger charge is 2.35. The van der Waals surface area contributed by atoms with Crippen LogP contribution in [0.15, 0.2) is 57.8 Å². The largest absolute Gasteiger partial charge is 0.504 e. The van der Waals surface area contributed by atoms with Crippen molar-refractivity contribution in [1.82, 2.24) is 5.16 Å². The van der Waals surface area contributed by atoms with Gasteiger partial charge in [-0.25, -0.2) is 0 Å². The molecule has 5 nitrogen and oxygen atoms in total. The average molecular weight is 379 g/mol. The fourth-order valence-corrected chi connectivity index (χ4v) is 2.67. The van der Waals surface area contributed by atoms with Crippen LogP contribution >= 0.6 is 0 Å². The molecule has 3 rings (SSSR count). The van der Waals surface area contributed by atoms with Crippen molar-refractivity contribution >= 4 is 0 Å². The number of phenols is 1. The summed E-state index contributed by atoms with van der Waals surface area (Å²) in [6, 6.07) is 11.7. The van der Waals surface area contributed by atoms with E-state index in [4.69, 9.17) is 9.26 Å². The Labute approximate surface area is 152 Å². The van der Waals surface area contributed by atoms with Crippen LogP contribution in [-0.2, 0) is 12.6 Å². The minimum Gasteiger partial charge on any atom is -0.504 e. The molecule has 0 aliphatic heterocycles. The van der Waals surface area contributed by atoms with Crippen LogP contribution in [0.5, 0.6) is 11.5 Å². The fraction of sp³-hybridized carbons (Fsp3) is 0.211. The summed E-state index contributed by atoms with van der Waals surface area (Å²) in [5.74, 6) is -0.734. The lowest BCUT2D eigenvalue weighted by atomic mass is 10.1. The lowest BCUT2D eigenvalue weighted by Crippen LogP contribution is -2.16. The van der Waals surface area contributed by atoms with E-state index in [0.29, 0.717) is 17.7 Å². The Morgan fingerprint density at radius 1 is 1.19 bits per heavy atom. The van der Waals surface area contributed by atoms with Crippen molar-refractivity contribution in [3.63, 3.8) is 0 Å². The van der Waals surface area contributed by atoms with Gasteiger partial charge in [0.2, 0.25) is 0 Å². The Bertz CT molecular complexity index is 974. The number of hydrogen-bond acceptors (Lipinski definition) is 4. The van der Waals surface area contributed by atoms with Crippen molar-refractivity contribution in [2.45, 2.75) is 25.6 Å². The number of rotatable bonds is 5. The van der Waals surface area contributed by atoms with Gasteiger partial charge in [-0.05, 0) is 24.6 Å². The second-order valence-corrected chi connectivity index (χ2v) is 6.06. The van der Waals surface area contributed by atoms with Crippen molar-refractivity contribution in [3.8, 4) is 22.8 Å². The summed E-state index contributed by atoms with van der Waals surface area (Å²) in [5.41, 5.74) is 0.110. The zero-order chi connectivity index (χ0) is 19.6. The van der Waals surface area contributed by atoms with Crippen molar-refractivity contribution in [3.05, 3.63) is 70.0 Å². The van der Waals surface area contributed by atoms with E-state index in [9.17, 15) is 23.1 Å². The van der Waals surface area contributed by atoms with Crippen molar-refractivity contribution < 1.29 is 27.5 Å². The quantitative estimate of drug-likeness (QED) is 0.690. The molecule has 0 radical (unpaired) electrons. The Morgan fingerprint density at radius 2 is 1.89 bits per heavy atom. The van der Waals surface area contributed by atoms with Gasteiger partial charge in [-0.1, -0.05) is 30.3 Å². The molecule has 0 aliphatic carbocycles. The number of H-pyrrole nitrogens is 1. The molecule has 142 valence electrons. The van der Waals surface area contributed by atoms with E-state index in [1.54, 1.807) is 31.2 Å². The number of aromatic hydroxyl groups is 1. The van der Waals surface area contributed by atoms with Crippen LogP contribution in [0.25, 0.3) is 11.3 Å². The zero-order valence-electron chi connectivity index (χ0n) is 14.2. The van der Waals surface area contributed by atoms with Crippen molar-refractivity contribution in [2.75, 3.05) is 0 Å². The number of hydrogen-bond donors (Lipinski definition) is 2. The van der Waals surface area contributed by atoms with Crippen LogP contribution in [0.2, 0.25) is 0 Å². The first-order chi connectivity index (χ1) is 12.7. The first-order valence-electron chi connectivity index (χ1n) is 8.07. The molecule has 0 aliphatic rings. The van der Waals surface area contributed by atoms with Gasteiger partial charge in [-0.3, -0.25) is 4.79 Å². The maximum atomic E-state index is 12.8. The van der Waals surface area contributed by atoms with Crippen LogP contribution in [0.1, 0.15) is 18.1 Å². The predicted octanol–water partition coefficient (Wildman–Crippen LogP) is 4.37. The molecule has 0 saturated heterocycles. The van der Waals surface area contributed by atoms with Crippen LogP contribution in [0.3, 0.4) is 0 Å². The molecule has 1 unspecified atom stereocenters. The summed E-state index contributed by atoms with van der Waals surface area (Å²) >= 11 is 0. The van der Waals surface area contributed by atoms with Crippen LogP contribution < -0.4 is 10.3 Å². The highest BCUT2D eigenvalue weighted by atomic mass is 19.4. The van der Waals surface area contributed by atoms with Gasteiger partial charge in [0.15, 0.2) is 17.3 Å². The number of para-hydroxylation sites is 1. The number of ether oxygens (including phenoxy) is 1. The average Bonchev–Trinajstić information content (AvgIpc) is 3.03. The number of halogens is 3. The summed E-state index contributed by atoms with van der Waals surface area (Å²) < 4.78 is 49.1. The second kappa shape index (κ2) is 7.22. The van der Waals surface area contributed by atoms with Gasteiger partial charge in [-0.2, -0.15) is 18.3 Å². The first kappa shape index (κ1) is 18.6. The SMILES string of the molecule is CC(Cc1ccc(-c2cc(=O)[nH]o2)cc1)Oc1cccc(C(F)(F)F)c1O. The van der Waals surface area contributed by atoms with Crippen molar-refractivity contribution in [1.29, 1.82) is 0 Å². The van der Waals surface area contributed by atoms with E-state index in [1.165, 1.54) is 18.2 Å². The Kier molecular flexibility index (Phi) is 4.98. The van der Waals surface area contributed by atoms with E-state index >= 15 is 0 Å². The van der Waals surface area contributed by atoms with Gasteiger partial charge in [-0.15, -0.1) is 0 Å². The van der Waals surface area contributed by atoms with Gasteiger partial charge in [0.05, 0.1) is 6.07 Å². The fourth-order valence-electron chi connectivity index (χ4n) is 2.67. The molecule has 0 spiro atoms. The molecule has 1 aromatic heterocycles. The molecule has 27 heavy (non-hydrogen) atoms. The third-order valence-electron chi connectivity index (χ3n) is 3.92. The Hall–Kier alpha value is -3.16. The molecule has 0 saturated carbocycles. The summed E-state index contributed by atoms with van der Waals surface area (Å²) in [7, 11) is 0. The molecule has 2 aromatic carbocycles. The van der Waals surface area contributed by atoms with Crippen LogP contribution in [-0.4, -0.2) is 16.4 Å². The molecule has 0 bridgehead atoms. The molecular weight excluding hydrogens is 363 g/mol. The monoisotopic (exact) mass is 379 g/mol. The lowest BCUT2D eigenvalue weighted by molar-refractivity contribution is -0.139. The normalized spacial score (nSPS) is 12.7. The van der Waals surface area contributed by atoms with Crippen LogP contribution in [0, 0.1) is 0 Å². The highest BCUT2D eigenvalue weighted by Crippen LogP contribution is 2.41. The standard InChI is InChI=1S/C19H16F3NO4/c1-11(26-15-4-2-3-14(18(15)25)19(20,21)22)9-12-5-7-13(8-6-12)16-10-17(24)23-27-16/h2-8,10-11,25H,9H2,1H3,(H,23,24). The summed E-state index contributed by atoms with van der Waals surface area (Å²) in [6.45, 7) is 1.69.